The molecule has 6 heteroatoms. The van der Waals surface area contributed by atoms with Crippen molar-refractivity contribution in [2.24, 2.45) is 5.10 Å². The number of aryl methyl sites for hydroxylation is 1. The van der Waals surface area contributed by atoms with Crippen LogP contribution in [0.15, 0.2) is 35.4 Å². The fourth-order valence-electron chi connectivity index (χ4n) is 2.07. The molecule has 0 saturated heterocycles. The molecular formula is C18H20Cl2N2O2. The van der Waals surface area contributed by atoms with Gasteiger partial charge in [0, 0.05) is 5.56 Å². The molecule has 0 spiro atoms. The van der Waals surface area contributed by atoms with Crippen molar-refractivity contribution < 1.29 is 9.47 Å². The maximum atomic E-state index is 6.37. The molecule has 1 N–H and O–H groups in total. The SMILES string of the molecule is CCOc1c(Cl)cc(C=NNc2ccc(C)cc2)c(OCC)c1Cl. The monoisotopic (exact) mass is 366 g/mol. The molecular weight excluding hydrogens is 347 g/mol. The van der Waals surface area contributed by atoms with E-state index in [1.165, 1.54) is 5.56 Å². The zero-order valence-electron chi connectivity index (χ0n) is 13.9. The van der Waals surface area contributed by atoms with Crippen molar-refractivity contribution in [3.05, 3.63) is 51.5 Å². The molecule has 0 saturated carbocycles. The second kappa shape index (κ2) is 8.81. The molecule has 128 valence electrons. The number of benzene rings is 2. The lowest BCUT2D eigenvalue weighted by Gasteiger charge is -2.15. The van der Waals surface area contributed by atoms with E-state index in [1.807, 2.05) is 45.0 Å². The lowest BCUT2D eigenvalue weighted by atomic mass is 10.2. The zero-order chi connectivity index (χ0) is 17.5. The Morgan fingerprint density at radius 3 is 2.29 bits per heavy atom. The van der Waals surface area contributed by atoms with Crippen molar-refractivity contribution in [1.29, 1.82) is 0 Å². The van der Waals surface area contributed by atoms with Gasteiger partial charge in [-0.15, -0.1) is 0 Å². The summed E-state index contributed by atoms with van der Waals surface area (Å²) in [6.45, 7) is 6.72. The largest absolute Gasteiger partial charge is 0.491 e. The number of rotatable bonds is 7. The highest BCUT2D eigenvalue weighted by Crippen LogP contribution is 2.42. The molecule has 4 nitrogen and oxygen atoms in total. The predicted octanol–water partition coefficient (Wildman–Crippen LogP) is 5.55. The highest BCUT2D eigenvalue weighted by Gasteiger charge is 2.17. The Morgan fingerprint density at radius 1 is 1.04 bits per heavy atom. The van der Waals surface area contributed by atoms with Crippen molar-refractivity contribution in [2.45, 2.75) is 20.8 Å². The number of nitrogens with zero attached hydrogens (tertiary/aromatic N) is 1. The molecule has 0 bridgehead atoms. The maximum Gasteiger partial charge on any atom is 0.160 e. The van der Waals surface area contributed by atoms with Crippen molar-refractivity contribution in [2.75, 3.05) is 18.6 Å². The van der Waals surface area contributed by atoms with Crippen LogP contribution in [-0.2, 0) is 0 Å². The van der Waals surface area contributed by atoms with Crippen LogP contribution in [0.1, 0.15) is 25.0 Å². The summed E-state index contributed by atoms with van der Waals surface area (Å²) in [6.07, 6.45) is 1.62. The smallest absolute Gasteiger partial charge is 0.160 e. The summed E-state index contributed by atoms with van der Waals surface area (Å²) < 4.78 is 11.1. The van der Waals surface area contributed by atoms with Crippen LogP contribution in [-0.4, -0.2) is 19.4 Å². The van der Waals surface area contributed by atoms with E-state index >= 15 is 0 Å². The zero-order valence-corrected chi connectivity index (χ0v) is 15.4. The Labute approximate surface area is 152 Å². The van der Waals surface area contributed by atoms with Crippen LogP contribution in [0, 0.1) is 6.92 Å². The molecule has 2 aromatic rings. The summed E-state index contributed by atoms with van der Waals surface area (Å²) in [4.78, 5) is 0. The first-order chi connectivity index (χ1) is 11.6. The average Bonchev–Trinajstić information content (AvgIpc) is 2.56. The molecule has 0 unspecified atom stereocenters. The van der Waals surface area contributed by atoms with Crippen molar-refractivity contribution in [1.82, 2.24) is 0 Å². The molecule has 24 heavy (non-hydrogen) atoms. The third-order valence-electron chi connectivity index (χ3n) is 3.19. The second-order valence-electron chi connectivity index (χ2n) is 5.02. The van der Waals surface area contributed by atoms with Crippen LogP contribution in [0.2, 0.25) is 10.0 Å². The van der Waals surface area contributed by atoms with E-state index in [2.05, 4.69) is 10.5 Å². The number of halogens is 2. The van der Waals surface area contributed by atoms with Gasteiger partial charge in [-0.2, -0.15) is 5.10 Å². The van der Waals surface area contributed by atoms with Gasteiger partial charge in [0.25, 0.3) is 0 Å². The van der Waals surface area contributed by atoms with Gasteiger partial charge in [-0.3, -0.25) is 5.43 Å². The van der Waals surface area contributed by atoms with E-state index in [0.29, 0.717) is 40.3 Å². The molecule has 0 aliphatic heterocycles. The van der Waals surface area contributed by atoms with Gasteiger partial charge in [0.15, 0.2) is 11.5 Å². The van der Waals surface area contributed by atoms with Crippen LogP contribution in [0.25, 0.3) is 0 Å². The van der Waals surface area contributed by atoms with Crippen LogP contribution >= 0.6 is 23.2 Å². The summed E-state index contributed by atoms with van der Waals surface area (Å²) >= 11 is 12.6. The minimum Gasteiger partial charge on any atom is -0.491 e. The molecule has 0 fully saturated rings. The Kier molecular flexibility index (Phi) is 6.76. The number of nitrogens with one attached hydrogen (secondary N) is 1. The molecule has 2 aromatic carbocycles. The first-order valence-electron chi connectivity index (χ1n) is 7.70. The van der Waals surface area contributed by atoms with E-state index in [4.69, 9.17) is 32.7 Å². The first kappa shape index (κ1) is 18.4. The number of anilines is 1. The van der Waals surface area contributed by atoms with Crippen molar-refractivity contribution in [3.63, 3.8) is 0 Å². The van der Waals surface area contributed by atoms with Gasteiger partial charge in [0.05, 0.1) is 30.1 Å². The topological polar surface area (TPSA) is 42.8 Å². The molecule has 0 aliphatic rings. The van der Waals surface area contributed by atoms with Crippen LogP contribution in [0.5, 0.6) is 11.5 Å². The summed E-state index contributed by atoms with van der Waals surface area (Å²) in [5.41, 5.74) is 5.72. The minimum absolute atomic E-state index is 0.350. The van der Waals surface area contributed by atoms with Crippen LogP contribution in [0.3, 0.4) is 0 Å². The summed E-state index contributed by atoms with van der Waals surface area (Å²) in [5, 5.41) is 5.00. The third kappa shape index (κ3) is 4.56. The predicted molar refractivity (Wildman–Crippen MR) is 101 cm³/mol. The van der Waals surface area contributed by atoms with Gasteiger partial charge in [-0.1, -0.05) is 40.9 Å². The number of hydrogen-bond donors (Lipinski definition) is 1. The van der Waals surface area contributed by atoms with Gasteiger partial charge >= 0.3 is 0 Å². The molecule has 0 radical (unpaired) electrons. The van der Waals surface area contributed by atoms with Crippen molar-refractivity contribution >= 4 is 35.1 Å². The van der Waals surface area contributed by atoms with E-state index in [0.717, 1.165) is 5.69 Å². The van der Waals surface area contributed by atoms with E-state index in [-0.39, 0.29) is 0 Å². The van der Waals surface area contributed by atoms with E-state index in [1.54, 1.807) is 12.3 Å². The van der Waals surface area contributed by atoms with E-state index < -0.39 is 0 Å². The highest BCUT2D eigenvalue weighted by atomic mass is 35.5. The molecule has 0 aliphatic carbocycles. The first-order valence-corrected chi connectivity index (χ1v) is 8.45. The Balaban J connectivity index is 2.27. The maximum absolute atomic E-state index is 6.37. The molecule has 0 aromatic heterocycles. The highest BCUT2D eigenvalue weighted by molar-refractivity contribution is 6.38. The lowest BCUT2D eigenvalue weighted by molar-refractivity contribution is 0.323. The summed E-state index contributed by atoms with van der Waals surface area (Å²) in [5.74, 6) is 0.925. The summed E-state index contributed by atoms with van der Waals surface area (Å²) in [7, 11) is 0. The van der Waals surface area contributed by atoms with Gasteiger partial charge in [-0.05, 0) is 39.0 Å². The van der Waals surface area contributed by atoms with Gasteiger partial charge in [-0.25, -0.2) is 0 Å². The fourth-order valence-corrected chi connectivity index (χ4v) is 2.71. The number of ether oxygens (including phenoxy) is 2. The van der Waals surface area contributed by atoms with Gasteiger partial charge in [0.1, 0.15) is 5.02 Å². The minimum atomic E-state index is 0.350. The number of hydrazone groups is 1. The van der Waals surface area contributed by atoms with E-state index in [9.17, 15) is 0 Å². The third-order valence-corrected chi connectivity index (χ3v) is 3.81. The molecule has 0 atom stereocenters. The van der Waals surface area contributed by atoms with Crippen LogP contribution in [0.4, 0.5) is 5.69 Å². The standard InChI is InChI=1S/C18H20Cl2N2O2/c1-4-23-17-13(10-15(19)18(16(17)20)24-5-2)11-21-22-14-8-6-12(3)7-9-14/h6-11,22H,4-5H2,1-3H3. The molecule has 0 heterocycles. The quantitative estimate of drug-likeness (QED) is 0.516. The lowest BCUT2D eigenvalue weighted by Crippen LogP contribution is -2.02. The average molecular weight is 367 g/mol. The Morgan fingerprint density at radius 2 is 1.67 bits per heavy atom. The second-order valence-corrected chi connectivity index (χ2v) is 5.81. The van der Waals surface area contributed by atoms with Crippen molar-refractivity contribution in [3.8, 4) is 11.5 Å². The van der Waals surface area contributed by atoms with Gasteiger partial charge < -0.3 is 9.47 Å². The molecule has 0 amide bonds. The molecule has 2 rings (SSSR count). The fraction of sp³-hybridized carbons (Fsp3) is 0.278. The normalized spacial score (nSPS) is 10.9. The van der Waals surface area contributed by atoms with Gasteiger partial charge in [0.2, 0.25) is 0 Å². The number of hydrogen-bond acceptors (Lipinski definition) is 4. The Bertz CT molecular complexity index is 716. The summed E-state index contributed by atoms with van der Waals surface area (Å²) in [6, 6.07) is 9.65. The Hall–Kier alpha value is -1.91. The van der Waals surface area contributed by atoms with Crippen LogP contribution < -0.4 is 14.9 Å².